The molecule has 3 unspecified atom stereocenters. The standard InChI is InChI=1S/C16H21F4N/c1-2-10-6-3-4-7-11(10)15(21)12-8-5-9-13(14(12)17)16(18,19)20/h5,8-11,15H,2-4,6-7,21H2,1H3. The minimum atomic E-state index is -4.68. The van der Waals surface area contributed by atoms with E-state index in [0.717, 1.165) is 38.2 Å². The second-order valence-corrected chi connectivity index (χ2v) is 5.85. The van der Waals surface area contributed by atoms with E-state index in [0.29, 0.717) is 5.92 Å². The molecule has 0 aliphatic heterocycles. The van der Waals surface area contributed by atoms with Crippen LogP contribution in [-0.4, -0.2) is 0 Å². The fourth-order valence-corrected chi connectivity index (χ4v) is 3.47. The molecular weight excluding hydrogens is 282 g/mol. The van der Waals surface area contributed by atoms with Crippen LogP contribution in [0, 0.1) is 17.7 Å². The van der Waals surface area contributed by atoms with Crippen molar-refractivity contribution in [2.45, 2.75) is 51.2 Å². The summed E-state index contributed by atoms with van der Waals surface area (Å²) >= 11 is 0. The van der Waals surface area contributed by atoms with Gasteiger partial charge in [-0.2, -0.15) is 13.2 Å². The molecule has 0 aromatic heterocycles. The quantitative estimate of drug-likeness (QED) is 0.776. The highest BCUT2D eigenvalue weighted by atomic mass is 19.4. The molecule has 1 fully saturated rings. The number of alkyl halides is 3. The number of halogens is 4. The van der Waals surface area contributed by atoms with Gasteiger partial charge in [-0.3, -0.25) is 0 Å². The van der Waals surface area contributed by atoms with Crippen LogP contribution in [0.25, 0.3) is 0 Å². The Hall–Kier alpha value is -1.10. The van der Waals surface area contributed by atoms with E-state index in [1.165, 1.54) is 12.1 Å². The first-order chi connectivity index (χ1) is 9.86. The monoisotopic (exact) mass is 303 g/mol. The lowest BCUT2D eigenvalue weighted by Gasteiger charge is -2.35. The van der Waals surface area contributed by atoms with Crippen LogP contribution in [0.2, 0.25) is 0 Å². The molecule has 21 heavy (non-hydrogen) atoms. The Morgan fingerprint density at radius 1 is 1.24 bits per heavy atom. The van der Waals surface area contributed by atoms with Crippen molar-refractivity contribution in [3.63, 3.8) is 0 Å². The molecule has 1 nitrogen and oxygen atoms in total. The highest BCUT2D eigenvalue weighted by Gasteiger charge is 2.37. The van der Waals surface area contributed by atoms with Crippen LogP contribution in [0.5, 0.6) is 0 Å². The molecule has 3 atom stereocenters. The molecule has 1 saturated carbocycles. The van der Waals surface area contributed by atoms with E-state index >= 15 is 0 Å². The van der Waals surface area contributed by atoms with Gasteiger partial charge in [0.1, 0.15) is 5.82 Å². The van der Waals surface area contributed by atoms with Crippen molar-refractivity contribution in [2.24, 2.45) is 17.6 Å². The van der Waals surface area contributed by atoms with Gasteiger partial charge in [0.2, 0.25) is 0 Å². The second-order valence-electron chi connectivity index (χ2n) is 5.85. The molecule has 0 amide bonds. The Kier molecular flexibility index (Phi) is 4.91. The predicted molar refractivity (Wildman–Crippen MR) is 74.1 cm³/mol. The highest BCUT2D eigenvalue weighted by Crippen LogP contribution is 2.41. The van der Waals surface area contributed by atoms with Gasteiger partial charge in [-0.15, -0.1) is 0 Å². The maximum atomic E-state index is 14.2. The number of benzene rings is 1. The van der Waals surface area contributed by atoms with Crippen molar-refractivity contribution >= 4 is 0 Å². The number of hydrogen-bond donors (Lipinski definition) is 1. The maximum Gasteiger partial charge on any atom is 0.419 e. The summed E-state index contributed by atoms with van der Waals surface area (Å²) in [5, 5.41) is 0. The normalized spacial score (nSPS) is 24.9. The van der Waals surface area contributed by atoms with Crippen molar-refractivity contribution < 1.29 is 17.6 Å². The minimum absolute atomic E-state index is 0.00447. The molecule has 2 N–H and O–H groups in total. The molecule has 0 bridgehead atoms. The van der Waals surface area contributed by atoms with Crippen LogP contribution >= 0.6 is 0 Å². The largest absolute Gasteiger partial charge is 0.419 e. The molecule has 0 saturated heterocycles. The summed E-state index contributed by atoms with van der Waals surface area (Å²) in [6.07, 6.45) is 0.253. The van der Waals surface area contributed by atoms with Gasteiger partial charge in [-0.1, -0.05) is 44.7 Å². The predicted octanol–water partition coefficient (Wildman–Crippen LogP) is 5.06. The third-order valence-electron chi connectivity index (χ3n) is 4.65. The van der Waals surface area contributed by atoms with Gasteiger partial charge in [0.25, 0.3) is 0 Å². The molecule has 1 aromatic carbocycles. The third kappa shape index (κ3) is 3.39. The Morgan fingerprint density at radius 2 is 1.90 bits per heavy atom. The van der Waals surface area contributed by atoms with Crippen molar-refractivity contribution in [2.75, 3.05) is 0 Å². The van der Waals surface area contributed by atoms with E-state index in [1.54, 1.807) is 0 Å². The van der Waals surface area contributed by atoms with Crippen molar-refractivity contribution in [1.82, 2.24) is 0 Å². The van der Waals surface area contributed by atoms with E-state index in [1.807, 2.05) is 0 Å². The topological polar surface area (TPSA) is 26.0 Å². The molecule has 5 heteroatoms. The van der Waals surface area contributed by atoms with Crippen LogP contribution in [0.3, 0.4) is 0 Å². The van der Waals surface area contributed by atoms with Crippen LogP contribution in [0.4, 0.5) is 17.6 Å². The lowest BCUT2D eigenvalue weighted by atomic mass is 9.72. The van der Waals surface area contributed by atoms with Gasteiger partial charge < -0.3 is 5.73 Å². The molecule has 118 valence electrons. The Bertz CT molecular complexity index is 484. The zero-order valence-corrected chi connectivity index (χ0v) is 12.1. The van der Waals surface area contributed by atoms with Crippen LogP contribution in [-0.2, 0) is 6.18 Å². The summed E-state index contributed by atoms with van der Waals surface area (Å²) in [5.41, 5.74) is 4.91. The molecular formula is C16H21F4N. The van der Waals surface area contributed by atoms with Gasteiger partial charge in [0, 0.05) is 11.6 Å². The van der Waals surface area contributed by atoms with E-state index < -0.39 is 23.6 Å². The summed E-state index contributed by atoms with van der Waals surface area (Å²) in [4.78, 5) is 0. The number of hydrogen-bond acceptors (Lipinski definition) is 1. The summed E-state index contributed by atoms with van der Waals surface area (Å²) in [7, 11) is 0. The Balaban J connectivity index is 2.32. The molecule has 2 rings (SSSR count). The summed E-state index contributed by atoms with van der Waals surface area (Å²) in [6, 6.07) is 2.73. The first-order valence-corrected chi connectivity index (χ1v) is 7.47. The molecule has 1 aromatic rings. The number of nitrogens with two attached hydrogens (primary N) is 1. The average Bonchev–Trinajstić information content (AvgIpc) is 2.45. The van der Waals surface area contributed by atoms with Crippen LogP contribution in [0.15, 0.2) is 18.2 Å². The van der Waals surface area contributed by atoms with Gasteiger partial charge in [0.05, 0.1) is 5.56 Å². The van der Waals surface area contributed by atoms with Gasteiger partial charge in [-0.05, 0) is 24.3 Å². The van der Waals surface area contributed by atoms with E-state index in [2.05, 4.69) is 6.92 Å². The smallest absolute Gasteiger partial charge is 0.324 e. The summed E-state index contributed by atoms with van der Waals surface area (Å²) in [6.45, 7) is 2.05. The van der Waals surface area contributed by atoms with Crippen molar-refractivity contribution in [3.8, 4) is 0 Å². The minimum Gasteiger partial charge on any atom is -0.324 e. The maximum absolute atomic E-state index is 14.2. The zero-order chi connectivity index (χ0) is 15.6. The van der Waals surface area contributed by atoms with Crippen LogP contribution in [0.1, 0.15) is 56.2 Å². The molecule has 0 radical (unpaired) electrons. The van der Waals surface area contributed by atoms with E-state index in [-0.39, 0.29) is 11.5 Å². The fraction of sp³-hybridized carbons (Fsp3) is 0.625. The molecule has 0 spiro atoms. The third-order valence-corrected chi connectivity index (χ3v) is 4.65. The molecule has 1 aliphatic carbocycles. The molecule has 1 aliphatic rings. The van der Waals surface area contributed by atoms with Crippen LogP contribution < -0.4 is 5.73 Å². The first-order valence-electron chi connectivity index (χ1n) is 7.47. The first kappa shape index (κ1) is 16.3. The SMILES string of the molecule is CCC1CCCCC1C(N)c1cccc(C(F)(F)F)c1F. The molecule has 0 heterocycles. The van der Waals surface area contributed by atoms with Gasteiger partial charge >= 0.3 is 6.18 Å². The van der Waals surface area contributed by atoms with Crippen molar-refractivity contribution in [3.05, 3.63) is 35.1 Å². The highest BCUT2D eigenvalue weighted by molar-refractivity contribution is 5.30. The average molecular weight is 303 g/mol. The summed E-state index contributed by atoms with van der Waals surface area (Å²) in [5.74, 6) is -0.789. The Labute approximate surface area is 122 Å². The summed E-state index contributed by atoms with van der Waals surface area (Å²) < 4.78 is 52.6. The lowest BCUT2D eigenvalue weighted by Crippen LogP contribution is -2.31. The Morgan fingerprint density at radius 3 is 2.52 bits per heavy atom. The lowest BCUT2D eigenvalue weighted by molar-refractivity contribution is -0.140. The van der Waals surface area contributed by atoms with Crippen molar-refractivity contribution in [1.29, 1.82) is 0 Å². The second kappa shape index (κ2) is 6.34. The van der Waals surface area contributed by atoms with Gasteiger partial charge in [-0.25, -0.2) is 4.39 Å². The fourth-order valence-electron chi connectivity index (χ4n) is 3.47. The zero-order valence-electron chi connectivity index (χ0n) is 12.1. The van der Waals surface area contributed by atoms with E-state index in [9.17, 15) is 17.6 Å². The van der Waals surface area contributed by atoms with Gasteiger partial charge in [0.15, 0.2) is 0 Å². The number of rotatable bonds is 3. The van der Waals surface area contributed by atoms with E-state index in [4.69, 9.17) is 5.73 Å².